The Morgan fingerprint density at radius 2 is 1.94 bits per heavy atom. The standard InChI is InChI=1S/C18H21N3O4.C7H8O3S/c19-9-14-4-2-6-21(14)18(24)16-8-13(10-20-16)12-3-1-5-15(7-12)25-11-17(22)23;1-6-2-4-7(5-3-6)11(8,9)10/h1,3,5,7,13-14,16,20H,2,4,6,8,10-11H2,(H,22,23);2-5H,1H3,(H,8,9,10)/t13-,14-,16-;/m0./s1. The molecule has 10 nitrogen and oxygen atoms in total. The molecule has 2 heterocycles. The molecule has 192 valence electrons. The number of hydrogen-bond donors (Lipinski definition) is 3. The molecular formula is C25H29N3O7S. The molecule has 3 N–H and O–H groups in total. The van der Waals surface area contributed by atoms with Gasteiger partial charge in [-0.2, -0.15) is 13.7 Å². The molecule has 11 heteroatoms. The molecule has 0 spiro atoms. The summed E-state index contributed by atoms with van der Waals surface area (Å²) in [6.07, 6.45) is 2.29. The monoisotopic (exact) mass is 515 g/mol. The summed E-state index contributed by atoms with van der Waals surface area (Å²) < 4.78 is 34.8. The van der Waals surface area contributed by atoms with Crippen molar-refractivity contribution in [3.8, 4) is 11.8 Å². The highest BCUT2D eigenvalue weighted by Gasteiger charge is 2.37. The molecule has 2 aliphatic heterocycles. The van der Waals surface area contributed by atoms with Crippen LogP contribution >= 0.6 is 0 Å². The molecule has 2 fully saturated rings. The molecular weight excluding hydrogens is 486 g/mol. The first-order chi connectivity index (χ1) is 17.1. The zero-order valence-corrected chi connectivity index (χ0v) is 20.6. The van der Waals surface area contributed by atoms with Crippen molar-refractivity contribution in [2.24, 2.45) is 0 Å². The summed E-state index contributed by atoms with van der Waals surface area (Å²) in [5, 5.41) is 21.1. The number of nitrogens with zero attached hydrogens (tertiary/aromatic N) is 2. The topological polar surface area (TPSA) is 157 Å². The van der Waals surface area contributed by atoms with Crippen LogP contribution in [0.15, 0.2) is 53.4 Å². The first-order valence-electron chi connectivity index (χ1n) is 11.5. The van der Waals surface area contributed by atoms with Crippen molar-refractivity contribution in [3.63, 3.8) is 0 Å². The minimum absolute atomic E-state index is 0.00447. The maximum atomic E-state index is 12.7. The number of likely N-dealkylation sites (tertiary alicyclic amines) is 1. The Morgan fingerprint density at radius 3 is 2.58 bits per heavy atom. The van der Waals surface area contributed by atoms with Gasteiger partial charge < -0.3 is 20.1 Å². The molecule has 36 heavy (non-hydrogen) atoms. The summed E-state index contributed by atoms with van der Waals surface area (Å²) in [7, 11) is -4.02. The number of aryl methyl sites for hydroxylation is 1. The van der Waals surface area contributed by atoms with Crippen molar-refractivity contribution in [1.82, 2.24) is 10.2 Å². The van der Waals surface area contributed by atoms with E-state index in [4.69, 9.17) is 19.7 Å². The van der Waals surface area contributed by atoms with Gasteiger partial charge >= 0.3 is 5.97 Å². The van der Waals surface area contributed by atoms with Crippen molar-refractivity contribution >= 4 is 22.0 Å². The number of ether oxygens (including phenoxy) is 1. The van der Waals surface area contributed by atoms with Gasteiger partial charge in [0.05, 0.1) is 17.0 Å². The molecule has 2 aliphatic rings. The molecule has 4 rings (SSSR count). The summed E-state index contributed by atoms with van der Waals surface area (Å²) in [5.41, 5.74) is 1.97. The van der Waals surface area contributed by atoms with E-state index >= 15 is 0 Å². The van der Waals surface area contributed by atoms with Crippen LogP contribution in [0.5, 0.6) is 5.75 Å². The molecule has 1 amide bonds. The maximum absolute atomic E-state index is 12.7. The molecule has 0 radical (unpaired) electrons. The number of nitrogens with one attached hydrogen (secondary N) is 1. The van der Waals surface area contributed by atoms with Crippen LogP contribution in [0.25, 0.3) is 0 Å². The van der Waals surface area contributed by atoms with Crippen LogP contribution in [0.1, 0.15) is 36.3 Å². The van der Waals surface area contributed by atoms with Crippen molar-refractivity contribution in [2.75, 3.05) is 19.7 Å². The van der Waals surface area contributed by atoms with E-state index in [0.717, 1.165) is 24.0 Å². The summed E-state index contributed by atoms with van der Waals surface area (Å²) in [6.45, 7) is 2.79. The first kappa shape index (κ1) is 27.1. The van der Waals surface area contributed by atoms with E-state index in [9.17, 15) is 18.0 Å². The molecule has 0 bridgehead atoms. The Hall–Kier alpha value is -3.46. The zero-order valence-electron chi connectivity index (χ0n) is 19.8. The third-order valence-electron chi connectivity index (χ3n) is 6.12. The Balaban J connectivity index is 0.000000275. The number of amides is 1. The van der Waals surface area contributed by atoms with Crippen molar-refractivity contribution in [1.29, 1.82) is 5.26 Å². The number of hydrogen-bond acceptors (Lipinski definition) is 7. The third-order valence-corrected chi connectivity index (χ3v) is 6.99. The van der Waals surface area contributed by atoms with E-state index in [2.05, 4.69) is 11.4 Å². The number of rotatable bonds is 6. The highest BCUT2D eigenvalue weighted by Crippen LogP contribution is 2.30. The third kappa shape index (κ3) is 7.27. The van der Waals surface area contributed by atoms with Gasteiger partial charge in [-0.15, -0.1) is 0 Å². The fourth-order valence-electron chi connectivity index (χ4n) is 4.26. The predicted molar refractivity (Wildman–Crippen MR) is 130 cm³/mol. The highest BCUT2D eigenvalue weighted by molar-refractivity contribution is 7.85. The number of aliphatic carboxylic acids is 1. The van der Waals surface area contributed by atoms with Crippen LogP contribution in [0.4, 0.5) is 0 Å². The van der Waals surface area contributed by atoms with Gasteiger partial charge in [-0.25, -0.2) is 4.79 Å². The number of carbonyl (C=O) groups excluding carboxylic acids is 1. The van der Waals surface area contributed by atoms with Gasteiger partial charge in [0, 0.05) is 13.1 Å². The van der Waals surface area contributed by atoms with E-state index in [0.29, 0.717) is 25.3 Å². The lowest BCUT2D eigenvalue weighted by Gasteiger charge is -2.23. The number of carboxylic acids is 1. The first-order valence-corrected chi connectivity index (χ1v) is 12.9. The Labute approximate surface area is 210 Å². The van der Waals surface area contributed by atoms with Crippen LogP contribution in [-0.4, -0.2) is 66.6 Å². The zero-order chi connectivity index (χ0) is 26.3. The summed E-state index contributed by atoms with van der Waals surface area (Å²) in [4.78, 5) is 24.9. The SMILES string of the molecule is Cc1ccc(S(=O)(=O)O)cc1.N#C[C@@H]1CCCN1C(=O)[C@@H]1C[C@H](c2cccc(OCC(=O)O)c2)CN1. The number of nitriles is 1. The lowest BCUT2D eigenvalue weighted by molar-refractivity contribution is -0.139. The quantitative estimate of drug-likeness (QED) is 0.491. The lowest BCUT2D eigenvalue weighted by atomic mass is 9.95. The van der Waals surface area contributed by atoms with Crippen molar-refractivity contribution in [3.05, 3.63) is 59.7 Å². The van der Waals surface area contributed by atoms with Crippen molar-refractivity contribution < 1.29 is 32.4 Å². The van der Waals surface area contributed by atoms with E-state index in [1.165, 1.54) is 12.1 Å². The smallest absolute Gasteiger partial charge is 0.341 e. The molecule has 0 saturated carbocycles. The molecule has 2 aromatic rings. The van der Waals surface area contributed by atoms with Gasteiger partial charge in [-0.3, -0.25) is 9.35 Å². The van der Waals surface area contributed by atoms with Crippen LogP contribution < -0.4 is 10.1 Å². The van der Waals surface area contributed by atoms with Crippen LogP contribution in [0, 0.1) is 18.3 Å². The average Bonchev–Trinajstić information content (AvgIpc) is 3.53. The fourth-order valence-corrected chi connectivity index (χ4v) is 4.74. The van der Waals surface area contributed by atoms with Gasteiger partial charge in [0.25, 0.3) is 10.1 Å². The molecule has 3 atom stereocenters. The Morgan fingerprint density at radius 1 is 1.22 bits per heavy atom. The number of carboxylic acid groups (broad SMARTS) is 1. The van der Waals surface area contributed by atoms with E-state index in [1.54, 1.807) is 23.1 Å². The molecule has 0 aromatic heterocycles. The van der Waals surface area contributed by atoms with Gasteiger partial charge in [-0.05, 0) is 61.9 Å². The second-order valence-corrected chi connectivity index (χ2v) is 10.2. The summed E-state index contributed by atoms with van der Waals surface area (Å²) in [5.74, 6) is -0.342. The normalized spacial score (nSPS) is 21.2. The van der Waals surface area contributed by atoms with Gasteiger partial charge in [0.1, 0.15) is 11.8 Å². The predicted octanol–water partition coefficient (Wildman–Crippen LogP) is 2.35. The van der Waals surface area contributed by atoms with E-state index in [1.807, 2.05) is 25.1 Å². The highest BCUT2D eigenvalue weighted by atomic mass is 32.2. The lowest BCUT2D eigenvalue weighted by Crippen LogP contribution is -2.45. The average molecular weight is 516 g/mol. The van der Waals surface area contributed by atoms with Gasteiger partial charge in [0.2, 0.25) is 5.91 Å². The summed E-state index contributed by atoms with van der Waals surface area (Å²) in [6, 6.07) is 14.9. The fraction of sp³-hybridized carbons (Fsp3) is 0.400. The van der Waals surface area contributed by atoms with Crippen molar-refractivity contribution in [2.45, 2.75) is 49.1 Å². The maximum Gasteiger partial charge on any atom is 0.341 e. The minimum Gasteiger partial charge on any atom is -0.482 e. The van der Waals surface area contributed by atoms with E-state index < -0.39 is 16.1 Å². The molecule has 0 aliphatic carbocycles. The largest absolute Gasteiger partial charge is 0.482 e. The van der Waals surface area contributed by atoms with Gasteiger partial charge in [0.15, 0.2) is 6.61 Å². The molecule has 2 saturated heterocycles. The van der Waals surface area contributed by atoms with Gasteiger partial charge in [-0.1, -0.05) is 29.8 Å². The number of benzene rings is 2. The summed E-state index contributed by atoms with van der Waals surface area (Å²) >= 11 is 0. The Kier molecular flexibility index (Phi) is 9.03. The van der Waals surface area contributed by atoms with Crippen LogP contribution in [0.2, 0.25) is 0 Å². The van der Waals surface area contributed by atoms with Crippen LogP contribution in [-0.2, 0) is 19.7 Å². The number of carbonyl (C=O) groups is 2. The van der Waals surface area contributed by atoms with E-state index in [-0.39, 0.29) is 35.4 Å². The van der Waals surface area contributed by atoms with Crippen LogP contribution in [0.3, 0.4) is 0 Å². The molecule has 2 aromatic carbocycles. The Bertz CT molecular complexity index is 1220. The second kappa shape index (κ2) is 12.0. The second-order valence-electron chi connectivity index (χ2n) is 8.76. The molecule has 0 unspecified atom stereocenters. The minimum atomic E-state index is -4.02.